The van der Waals surface area contributed by atoms with Gasteiger partial charge < -0.3 is 9.47 Å². The number of nitrogens with one attached hydrogen (secondary N) is 2. The van der Waals surface area contributed by atoms with E-state index in [-0.39, 0.29) is 5.91 Å². The summed E-state index contributed by atoms with van der Waals surface area (Å²) in [5.41, 5.74) is 0.445. The number of ether oxygens (including phenoxy) is 2. The first-order chi connectivity index (χ1) is 9.24. The molecule has 1 amide bonds. The van der Waals surface area contributed by atoms with Crippen LogP contribution in [0.25, 0.3) is 0 Å². The highest BCUT2D eigenvalue weighted by atomic mass is 16.5. The lowest BCUT2D eigenvalue weighted by Gasteiger charge is -2.10. The van der Waals surface area contributed by atoms with Gasteiger partial charge in [0.25, 0.3) is 5.91 Å². The monoisotopic (exact) mass is 262 g/mol. The molecule has 7 nitrogen and oxygen atoms in total. The molecule has 0 aliphatic heterocycles. The van der Waals surface area contributed by atoms with Crippen LogP contribution >= 0.6 is 0 Å². The van der Waals surface area contributed by atoms with Gasteiger partial charge in [-0.3, -0.25) is 10.1 Å². The molecule has 19 heavy (non-hydrogen) atoms. The molecule has 0 saturated heterocycles. The highest BCUT2D eigenvalue weighted by Crippen LogP contribution is 2.28. The average Bonchev–Trinajstić information content (AvgIpc) is 2.92. The van der Waals surface area contributed by atoms with Crippen molar-refractivity contribution in [3.8, 4) is 11.5 Å². The lowest BCUT2D eigenvalue weighted by Crippen LogP contribution is -2.13. The third-order valence-corrected chi connectivity index (χ3v) is 2.37. The minimum atomic E-state index is -0.305. The van der Waals surface area contributed by atoms with Crippen molar-refractivity contribution in [2.75, 3.05) is 19.0 Å². The second-order valence-electron chi connectivity index (χ2n) is 3.59. The fraction of sp³-hybridized carbons (Fsp3) is 0.250. The summed E-state index contributed by atoms with van der Waals surface area (Å²) in [4.78, 5) is 15.8. The number of benzene rings is 1. The molecule has 1 heterocycles. The number of methoxy groups -OCH3 is 1. The highest BCUT2D eigenvalue weighted by Gasteiger charge is 2.12. The van der Waals surface area contributed by atoms with Crippen molar-refractivity contribution in [1.29, 1.82) is 0 Å². The molecule has 0 atom stereocenters. The number of aromatic nitrogens is 3. The number of amides is 1. The smallest absolute Gasteiger partial charge is 0.258 e. The van der Waals surface area contributed by atoms with Crippen LogP contribution in [-0.4, -0.2) is 34.8 Å². The van der Waals surface area contributed by atoms with Crippen LogP contribution in [0.2, 0.25) is 0 Å². The molecule has 0 bridgehead atoms. The zero-order valence-corrected chi connectivity index (χ0v) is 10.6. The van der Waals surface area contributed by atoms with Crippen LogP contribution in [0.3, 0.4) is 0 Å². The Morgan fingerprint density at radius 2 is 2.26 bits per heavy atom. The van der Waals surface area contributed by atoms with Crippen LogP contribution < -0.4 is 14.8 Å². The topological polar surface area (TPSA) is 89.1 Å². The maximum Gasteiger partial charge on any atom is 0.258 e. The van der Waals surface area contributed by atoms with Gasteiger partial charge in [-0.15, -0.1) is 0 Å². The minimum Gasteiger partial charge on any atom is -0.493 e. The van der Waals surface area contributed by atoms with E-state index in [4.69, 9.17) is 9.47 Å². The van der Waals surface area contributed by atoms with Gasteiger partial charge in [-0.1, -0.05) is 0 Å². The molecule has 0 aliphatic carbocycles. The van der Waals surface area contributed by atoms with Crippen molar-refractivity contribution < 1.29 is 14.3 Å². The zero-order chi connectivity index (χ0) is 13.7. The van der Waals surface area contributed by atoms with Crippen molar-refractivity contribution in [1.82, 2.24) is 15.2 Å². The summed E-state index contributed by atoms with van der Waals surface area (Å²) < 4.78 is 10.6. The molecule has 1 aromatic carbocycles. The Balaban J connectivity index is 2.19. The number of carbonyl (C=O) groups excluding carboxylic acids is 1. The van der Waals surface area contributed by atoms with Crippen molar-refractivity contribution >= 4 is 11.9 Å². The van der Waals surface area contributed by atoms with Crippen LogP contribution in [0.15, 0.2) is 24.5 Å². The highest BCUT2D eigenvalue weighted by molar-refractivity contribution is 6.03. The molecule has 100 valence electrons. The summed E-state index contributed by atoms with van der Waals surface area (Å²) in [6.07, 6.45) is 1.31. The molecule has 0 radical (unpaired) electrons. The molecular formula is C12H14N4O3. The molecule has 2 rings (SSSR count). The molecule has 0 aliphatic rings. The van der Waals surface area contributed by atoms with E-state index in [2.05, 4.69) is 20.5 Å². The van der Waals surface area contributed by atoms with Crippen LogP contribution in [0, 0.1) is 0 Å². The molecule has 0 unspecified atom stereocenters. The summed E-state index contributed by atoms with van der Waals surface area (Å²) in [6.45, 7) is 2.35. The molecule has 0 fully saturated rings. The van der Waals surface area contributed by atoms with Gasteiger partial charge in [-0.25, -0.2) is 5.10 Å². The first-order valence-electron chi connectivity index (χ1n) is 5.72. The quantitative estimate of drug-likeness (QED) is 0.851. The molecular weight excluding hydrogens is 248 g/mol. The summed E-state index contributed by atoms with van der Waals surface area (Å²) in [7, 11) is 1.55. The molecule has 1 aromatic heterocycles. The summed E-state index contributed by atoms with van der Waals surface area (Å²) in [5, 5.41) is 8.78. The number of hydrogen-bond donors (Lipinski definition) is 2. The van der Waals surface area contributed by atoms with Gasteiger partial charge >= 0.3 is 0 Å². The number of carbonyl (C=O) groups is 1. The van der Waals surface area contributed by atoms with Crippen molar-refractivity contribution in [2.45, 2.75) is 6.92 Å². The van der Waals surface area contributed by atoms with E-state index in [0.29, 0.717) is 29.6 Å². The summed E-state index contributed by atoms with van der Waals surface area (Å²) in [5.74, 6) is 1.09. The van der Waals surface area contributed by atoms with Gasteiger partial charge in [0.05, 0.1) is 13.7 Å². The van der Waals surface area contributed by atoms with Crippen molar-refractivity contribution in [3.05, 3.63) is 30.1 Å². The molecule has 0 spiro atoms. The average molecular weight is 262 g/mol. The number of H-pyrrole nitrogens is 1. The van der Waals surface area contributed by atoms with Gasteiger partial charge in [-0.2, -0.15) is 10.1 Å². The second kappa shape index (κ2) is 5.85. The van der Waals surface area contributed by atoms with Gasteiger partial charge in [0.1, 0.15) is 6.33 Å². The Hall–Kier alpha value is -2.57. The van der Waals surface area contributed by atoms with E-state index in [1.54, 1.807) is 25.3 Å². The first kappa shape index (κ1) is 12.9. The fourth-order valence-corrected chi connectivity index (χ4v) is 1.53. The third kappa shape index (κ3) is 3.01. The maximum absolute atomic E-state index is 12.0. The standard InChI is InChI=1S/C12H14N4O3/c1-3-19-10-6-8(4-5-9(10)18-2)11(17)15-12-13-7-14-16-12/h4-7H,3H2,1-2H3,(H2,13,14,15,16,17). The summed E-state index contributed by atoms with van der Waals surface area (Å²) >= 11 is 0. The predicted molar refractivity (Wildman–Crippen MR) is 68.5 cm³/mol. The van der Waals surface area contributed by atoms with E-state index in [1.807, 2.05) is 6.92 Å². The van der Waals surface area contributed by atoms with E-state index in [0.717, 1.165) is 0 Å². The van der Waals surface area contributed by atoms with Crippen molar-refractivity contribution in [2.24, 2.45) is 0 Å². The number of anilines is 1. The normalized spacial score (nSPS) is 10.0. The maximum atomic E-state index is 12.0. The molecule has 7 heteroatoms. The Morgan fingerprint density at radius 3 is 2.89 bits per heavy atom. The van der Waals surface area contributed by atoms with E-state index in [9.17, 15) is 4.79 Å². The number of aromatic amines is 1. The zero-order valence-electron chi connectivity index (χ0n) is 10.6. The molecule has 2 aromatic rings. The van der Waals surface area contributed by atoms with Crippen LogP contribution in [0.5, 0.6) is 11.5 Å². The Labute approximate surface area is 110 Å². The lowest BCUT2D eigenvalue weighted by molar-refractivity contribution is 0.102. The number of rotatable bonds is 5. The van der Waals surface area contributed by atoms with Crippen molar-refractivity contribution in [3.63, 3.8) is 0 Å². The first-order valence-corrected chi connectivity index (χ1v) is 5.72. The predicted octanol–water partition coefficient (Wildman–Crippen LogP) is 1.46. The lowest BCUT2D eigenvalue weighted by atomic mass is 10.2. The fourth-order valence-electron chi connectivity index (χ4n) is 1.53. The van der Waals surface area contributed by atoms with Gasteiger partial charge in [-0.05, 0) is 25.1 Å². The van der Waals surface area contributed by atoms with Crippen LogP contribution in [0.1, 0.15) is 17.3 Å². The second-order valence-corrected chi connectivity index (χ2v) is 3.59. The number of nitrogens with zero attached hydrogens (tertiary/aromatic N) is 2. The van der Waals surface area contributed by atoms with E-state index >= 15 is 0 Å². The minimum absolute atomic E-state index is 0.291. The molecule has 2 N–H and O–H groups in total. The van der Waals surface area contributed by atoms with Gasteiger partial charge in [0.2, 0.25) is 5.95 Å². The Morgan fingerprint density at radius 1 is 1.42 bits per heavy atom. The third-order valence-electron chi connectivity index (χ3n) is 2.37. The number of hydrogen-bond acceptors (Lipinski definition) is 5. The molecule has 0 saturated carbocycles. The SMILES string of the molecule is CCOc1cc(C(=O)Nc2ncn[nH]2)ccc1OC. The van der Waals surface area contributed by atoms with Crippen LogP contribution in [-0.2, 0) is 0 Å². The van der Waals surface area contributed by atoms with E-state index < -0.39 is 0 Å². The van der Waals surface area contributed by atoms with Gasteiger partial charge in [0.15, 0.2) is 11.5 Å². The van der Waals surface area contributed by atoms with Crippen LogP contribution in [0.4, 0.5) is 5.95 Å². The Bertz CT molecular complexity index is 554. The Kier molecular flexibility index (Phi) is 3.97. The van der Waals surface area contributed by atoms with E-state index in [1.165, 1.54) is 6.33 Å². The largest absolute Gasteiger partial charge is 0.493 e. The van der Waals surface area contributed by atoms with Gasteiger partial charge in [0, 0.05) is 5.56 Å². The summed E-state index contributed by atoms with van der Waals surface area (Å²) in [6, 6.07) is 4.95.